The molecule has 0 bridgehead atoms. The van der Waals surface area contributed by atoms with Gasteiger partial charge in [0.15, 0.2) is 0 Å². The first-order valence-electron chi connectivity index (χ1n) is 16.2. The zero-order valence-corrected chi connectivity index (χ0v) is 28.7. The third-order valence-electron chi connectivity index (χ3n) is 9.28. The van der Waals surface area contributed by atoms with Gasteiger partial charge in [0.25, 0.3) is 0 Å². The van der Waals surface area contributed by atoms with Crippen LogP contribution in [0.4, 0.5) is 0 Å². The topological polar surface area (TPSA) is 143 Å². The summed E-state index contributed by atoms with van der Waals surface area (Å²) in [5, 5.41) is 10.3. The summed E-state index contributed by atoms with van der Waals surface area (Å²) < 4.78 is 11.2. The van der Waals surface area contributed by atoms with E-state index >= 15 is 0 Å². The highest BCUT2D eigenvalue weighted by Gasteiger charge is 2.47. The molecule has 3 fully saturated rings. The number of aromatic nitrogens is 4. The van der Waals surface area contributed by atoms with Gasteiger partial charge in [0.2, 0.25) is 23.6 Å². The number of nitrogens with one attached hydrogen (secondary N) is 3. The molecule has 14 heteroatoms. The molecule has 1 atom stereocenters. The van der Waals surface area contributed by atoms with Crippen molar-refractivity contribution in [1.82, 2.24) is 40.8 Å². The Morgan fingerprint density at radius 3 is 2.00 bits per heavy atom. The van der Waals surface area contributed by atoms with Crippen molar-refractivity contribution in [3.63, 3.8) is 0 Å². The molecule has 2 aromatic heterocycles. The molecule has 5 heterocycles. The lowest BCUT2D eigenvalue weighted by Crippen LogP contribution is -2.66. The minimum absolute atomic E-state index is 0.0814. The third kappa shape index (κ3) is 6.78. The van der Waals surface area contributed by atoms with Crippen LogP contribution in [0.5, 0.6) is 11.8 Å². The third-order valence-corrected chi connectivity index (χ3v) is 10.1. The van der Waals surface area contributed by atoms with Crippen LogP contribution in [0.1, 0.15) is 37.1 Å². The van der Waals surface area contributed by atoms with Crippen LogP contribution in [-0.2, 0) is 22.7 Å². The van der Waals surface area contributed by atoms with E-state index in [0.29, 0.717) is 88.2 Å². The van der Waals surface area contributed by atoms with Gasteiger partial charge in [0.1, 0.15) is 11.4 Å². The summed E-state index contributed by atoms with van der Waals surface area (Å²) in [6.07, 6.45) is 6.19. The number of hydrogen-bond acceptors (Lipinski definition) is 10. The van der Waals surface area contributed by atoms with Crippen LogP contribution in [0, 0.1) is 0 Å². The smallest absolute Gasteiger partial charge is 0.237 e. The molecule has 1 spiro atoms. The second-order valence-electron chi connectivity index (χ2n) is 12.7. The van der Waals surface area contributed by atoms with Gasteiger partial charge in [-0.3, -0.25) is 24.5 Å². The average molecular weight is 704 g/mol. The first-order valence-corrected chi connectivity index (χ1v) is 16.9. The van der Waals surface area contributed by atoms with Gasteiger partial charge in [0, 0.05) is 73.9 Å². The van der Waals surface area contributed by atoms with Crippen molar-refractivity contribution in [3.8, 4) is 45.4 Å². The molecule has 3 N–H and O–H groups in total. The quantitative estimate of drug-likeness (QED) is 0.206. The molecular weight excluding hydrogens is 667 g/mol. The molecule has 49 heavy (non-hydrogen) atoms. The number of ether oxygens (including phenoxy) is 2. The molecular formula is C35H36Cl2N8O4. The molecule has 4 aromatic rings. The van der Waals surface area contributed by atoms with Crippen molar-refractivity contribution >= 4 is 35.0 Å². The summed E-state index contributed by atoms with van der Waals surface area (Å²) >= 11 is 14.1. The Kier molecular flexibility index (Phi) is 9.38. The Morgan fingerprint density at radius 2 is 1.45 bits per heavy atom. The number of carbonyl (C=O) groups is 2. The second-order valence-corrected chi connectivity index (χ2v) is 13.4. The van der Waals surface area contributed by atoms with Gasteiger partial charge in [-0.15, -0.1) is 0 Å². The molecule has 0 radical (unpaired) electrons. The van der Waals surface area contributed by atoms with Crippen molar-refractivity contribution in [3.05, 3.63) is 70.2 Å². The van der Waals surface area contributed by atoms with Crippen LogP contribution in [0.2, 0.25) is 10.0 Å². The van der Waals surface area contributed by atoms with Crippen LogP contribution in [0.3, 0.4) is 0 Å². The highest BCUT2D eigenvalue weighted by atomic mass is 35.5. The van der Waals surface area contributed by atoms with Gasteiger partial charge in [-0.2, -0.15) is 0 Å². The first-order chi connectivity index (χ1) is 23.8. The molecule has 3 aliphatic heterocycles. The van der Waals surface area contributed by atoms with E-state index in [1.165, 1.54) is 0 Å². The molecule has 0 aliphatic carbocycles. The van der Waals surface area contributed by atoms with Crippen molar-refractivity contribution < 1.29 is 19.1 Å². The molecule has 2 aromatic carbocycles. The van der Waals surface area contributed by atoms with Crippen molar-refractivity contribution in [1.29, 1.82) is 0 Å². The van der Waals surface area contributed by atoms with Gasteiger partial charge >= 0.3 is 0 Å². The fraction of sp³-hybridized carbons (Fsp3) is 0.371. The molecule has 0 saturated carbocycles. The summed E-state index contributed by atoms with van der Waals surface area (Å²) in [4.78, 5) is 44.3. The number of methoxy groups -OCH3 is 2. The normalized spacial score (nSPS) is 18.3. The zero-order chi connectivity index (χ0) is 34.1. The molecule has 254 valence electrons. The Labute approximate surface area is 294 Å². The lowest BCUT2D eigenvalue weighted by Gasteiger charge is -2.47. The zero-order valence-electron chi connectivity index (χ0n) is 27.2. The monoisotopic (exact) mass is 702 g/mol. The van der Waals surface area contributed by atoms with Gasteiger partial charge in [-0.05, 0) is 12.8 Å². The Bertz CT molecular complexity index is 1920. The summed E-state index contributed by atoms with van der Waals surface area (Å²) in [5.74, 6) is 1.01. The number of amides is 2. The molecule has 2 amide bonds. The van der Waals surface area contributed by atoms with Crippen molar-refractivity contribution in [2.24, 2.45) is 0 Å². The number of benzene rings is 2. The largest absolute Gasteiger partial charge is 0.480 e. The maximum Gasteiger partial charge on any atom is 0.237 e. The van der Waals surface area contributed by atoms with Gasteiger partial charge < -0.3 is 25.4 Å². The van der Waals surface area contributed by atoms with Gasteiger partial charge in [-0.1, -0.05) is 59.6 Å². The highest BCUT2D eigenvalue weighted by molar-refractivity contribution is 6.39. The molecule has 12 nitrogen and oxygen atoms in total. The summed E-state index contributed by atoms with van der Waals surface area (Å²) in [5.41, 5.74) is 5.18. The number of halogens is 2. The van der Waals surface area contributed by atoms with Crippen LogP contribution in [-0.4, -0.2) is 82.1 Å². The lowest BCUT2D eigenvalue weighted by atomic mass is 9.88. The molecule has 0 unspecified atom stereocenters. The fourth-order valence-corrected chi connectivity index (χ4v) is 7.47. The first kappa shape index (κ1) is 33.2. The van der Waals surface area contributed by atoms with E-state index in [1.54, 1.807) is 26.6 Å². The van der Waals surface area contributed by atoms with E-state index < -0.39 is 0 Å². The average Bonchev–Trinajstić information content (AvgIpc) is 3.70. The van der Waals surface area contributed by atoms with Crippen LogP contribution < -0.4 is 25.4 Å². The van der Waals surface area contributed by atoms with Crippen molar-refractivity contribution in [2.75, 3.05) is 33.9 Å². The molecule has 7 rings (SSSR count). The Morgan fingerprint density at radius 1 is 0.857 bits per heavy atom. The van der Waals surface area contributed by atoms with Crippen molar-refractivity contribution in [2.45, 2.75) is 50.4 Å². The van der Waals surface area contributed by atoms with E-state index in [0.717, 1.165) is 37.1 Å². The van der Waals surface area contributed by atoms with Crippen LogP contribution in [0.15, 0.2) is 48.8 Å². The fourth-order valence-electron chi connectivity index (χ4n) is 6.83. The highest BCUT2D eigenvalue weighted by Crippen LogP contribution is 2.42. The summed E-state index contributed by atoms with van der Waals surface area (Å²) in [6, 6.07) is 11.5. The van der Waals surface area contributed by atoms with E-state index in [1.807, 2.05) is 36.4 Å². The van der Waals surface area contributed by atoms with Gasteiger partial charge in [-0.25, -0.2) is 9.97 Å². The number of rotatable bonds is 11. The number of nitrogens with zero attached hydrogens (tertiary/aromatic N) is 5. The number of likely N-dealkylation sites (tertiary alicyclic amines) is 1. The number of hydrogen-bond donors (Lipinski definition) is 3. The lowest BCUT2D eigenvalue weighted by molar-refractivity contribution is -0.121. The number of carbonyl (C=O) groups excluding carboxylic acids is 2. The predicted octanol–water partition coefficient (Wildman–Crippen LogP) is 4.42. The SMILES string of the molecule is COc1nc(-c2cccc(-c3cccc(-c4cnc(CN5CC6(CCC(=O)N6)C5)c(OC)n4)c3Cl)c2Cl)cnc1CNC[C@@H]1CCC(=O)N1. The molecule has 3 aliphatic rings. The maximum absolute atomic E-state index is 11.7. The van der Waals surface area contributed by atoms with E-state index in [4.69, 9.17) is 47.6 Å². The standard InChI is InChI=1S/C35H36Cl2N8O4/c1-48-33-27(14-38-13-20-9-10-29(46)41-20)39-15-25(42-33)23-7-3-5-21(31(23)36)22-6-4-8-24(32(22)37)26-16-40-28(34(43-26)49-2)17-45-18-35(19-45)12-11-30(47)44-35/h3-8,15-16,20,38H,9-14,17-19H2,1-2H3,(H,41,46)(H,44,47)/t20-/m0/s1. The summed E-state index contributed by atoms with van der Waals surface area (Å²) in [6.45, 7) is 3.19. The Hall–Kier alpha value is -4.36. The summed E-state index contributed by atoms with van der Waals surface area (Å²) in [7, 11) is 3.13. The van der Waals surface area contributed by atoms with E-state index in [-0.39, 0.29) is 23.4 Å². The maximum atomic E-state index is 11.7. The second kappa shape index (κ2) is 13.9. The minimum Gasteiger partial charge on any atom is -0.480 e. The Balaban J connectivity index is 1.10. The predicted molar refractivity (Wildman–Crippen MR) is 185 cm³/mol. The molecule has 3 saturated heterocycles. The van der Waals surface area contributed by atoms with Gasteiger partial charge in [0.05, 0.1) is 53.6 Å². The van der Waals surface area contributed by atoms with E-state index in [9.17, 15) is 9.59 Å². The van der Waals surface area contributed by atoms with Crippen LogP contribution in [0.25, 0.3) is 33.6 Å². The van der Waals surface area contributed by atoms with Crippen LogP contribution >= 0.6 is 23.2 Å². The minimum atomic E-state index is -0.111. The van der Waals surface area contributed by atoms with E-state index in [2.05, 4.69) is 25.8 Å².